The highest BCUT2D eigenvalue weighted by Gasteiger charge is 2.46. The predicted octanol–water partition coefficient (Wildman–Crippen LogP) is 3.63. The lowest BCUT2D eigenvalue weighted by Gasteiger charge is -2.54. The Bertz CT molecular complexity index is 2210. The molecule has 3 N–H and O–H groups in total. The molecule has 2 aromatic carbocycles. The van der Waals surface area contributed by atoms with E-state index >= 15 is 0 Å². The van der Waals surface area contributed by atoms with Crippen LogP contribution in [0.5, 0.6) is 5.75 Å². The van der Waals surface area contributed by atoms with Crippen molar-refractivity contribution in [3.05, 3.63) is 59.2 Å². The van der Waals surface area contributed by atoms with Crippen LogP contribution in [-0.2, 0) is 16.1 Å². The monoisotopic (exact) mass is 812 g/mol. The van der Waals surface area contributed by atoms with E-state index in [4.69, 9.17) is 0 Å². The number of nitrogens with zero attached hydrogens (tertiary/aromatic N) is 8. The average Bonchev–Trinajstić information content (AvgIpc) is 3.53. The van der Waals surface area contributed by atoms with Gasteiger partial charge in [-0.3, -0.25) is 24.6 Å². The molecule has 6 aliphatic heterocycles. The molecule has 1 aromatic heterocycles. The van der Waals surface area contributed by atoms with Crippen molar-refractivity contribution in [3.8, 4) is 17.0 Å². The molecule has 0 bridgehead atoms. The Hall–Kier alpha value is -5.58. The fourth-order valence-electron chi connectivity index (χ4n) is 10.3. The van der Waals surface area contributed by atoms with Crippen LogP contribution in [0.4, 0.5) is 30.8 Å². The van der Waals surface area contributed by atoms with Gasteiger partial charge in [-0.1, -0.05) is 6.07 Å². The number of piperazine rings is 2. The first-order chi connectivity index (χ1) is 28.3. The maximum absolute atomic E-state index is 14.3. The molecule has 59 heavy (non-hydrogen) atoms. The SMILES string of the molecule is C[C@@H]1CN(CC2CCN(c3ccc4c(c3)C(=O)N([C@@H]3CCC(=O)NC3=O)C4)CC2)C[C@@H](C)N1C(=O)N1CCN2c3cc(-c4cc(F)cc(F)c4O)nnc3NC[C@]2(C)C1. The van der Waals surface area contributed by atoms with Crippen LogP contribution in [0.3, 0.4) is 0 Å². The van der Waals surface area contributed by atoms with Crippen molar-refractivity contribution >= 4 is 40.9 Å². The first-order valence-electron chi connectivity index (χ1n) is 20.7. The van der Waals surface area contributed by atoms with Gasteiger partial charge in [0, 0.05) is 107 Å². The van der Waals surface area contributed by atoms with E-state index in [1.165, 1.54) is 0 Å². The number of aromatic hydroxyl groups is 1. The number of anilines is 3. The van der Waals surface area contributed by atoms with E-state index in [0.29, 0.717) is 68.2 Å². The van der Waals surface area contributed by atoms with Crippen molar-refractivity contribution < 1.29 is 33.1 Å². The van der Waals surface area contributed by atoms with E-state index < -0.39 is 34.9 Å². The third kappa shape index (κ3) is 7.06. The Kier molecular flexibility index (Phi) is 9.83. The predicted molar refractivity (Wildman–Crippen MR) is 215 cm³/mol. The summed E-state index contributed by atoms with van der Waals surface area (Å²) >= 11 is 0. The molecule has 0 aliphatic carbocycles. The number of rotatable bonds is 5. The zero-order valence-corrected chi connectivity index (χ0v) is 33.6. The number of piperidine rings is 2. The molecule has 9 rings (SSSR count). The lowest BCUT2D eigenvalue weighted by atomic mass is 9.92. The molecule has 4 saturated heterocycles. The first kappa shape index (κ1) is 38.9. The molecule has 0 radical (unpaired) electrons. The number of aromatic nitrogens is 2. The van der Waals surface area contributed by atoms with Crippen LogP contribution in [0.1, 0.15) is 62.4 Å². The fourth-order valence-corrected chi connectivity index (χ4v) is 10.3. The second-order valence-corrected chi connectivity index (χ2v) is 17.4. The number of hydrogen-bond donors (Lipinski definition) is 3. The minimum atomic E-state index is -1.07. The minimum absolute atomic E-state index is 0.0169. The summed E-state index contributed by atoms with van der Waals surface area (Å²) in [5.74, 6) is -2.40. The van der Waals surface area contributed by atoms with Gasteiger partial charge in [-0.05, 0) is 75.8 Å². The highest BCUT2D eigenvalue weighted by Crippen LogP contribution is 2.41. The number of nitrogens with one attached hydrogen (secondary N) is 2. The maximum atomic E-state index is 14.3. The van der Waals surface area contributed by atoms with Crippen LogP contribution in [0.15, 0.2) is 36.4 Å². The van der Waals surface area contributed by atoms with Crippen molar-refractivity contribution in [2.24, 2.45) is 5.92 Å². The quantitative estimate of drug-likeness (QED) is 0.324. The lowest BCUT2D eigenvalue weighted by Crippen LogP contribution is -2.69. The molecule has 6 aliphatic rings. The van der Waals surface area contributed by atoms with Gasteiger partial charge in [0.2, 0.25) is 11.8 Å². The normalized spacial score (nSPS) is 26.4. The molecular weight excluding hydrogens is 763 g/mol. The van der Waals surface area contributed by atoms with Gasteiger partial charge < -0.3 is 34.9 Å². The number of phenolic OH excluding ortho intramolecular Hbond substituents is 1. The number of fused-ring (bicyclic) bond motifs is 4. The molecule has 0 spiro atoms. The molecule has 17 heteroatoms. The highest BCUT2D eigenvalue weighted by atomic mass is 19.1. The highest BCUT2D eigenvalue weighted by molar-refractivity contribution is 6.05. The van der Waals surface area contributed by atoms with Crippen LogP contribution in [-0.4, -0.2) is 141 Å². The summed E-state index contributed by atoms with van der Waals surface area (Å²) < 4.78 is 28.3. The van der Waals surface area contributed by atoms with E-state index in [9.17, 15) is 33.1 Å². The molecule has 4 atom stereocenters. The number of carbonyl (C=O) groups is 4. The number of imide groups is 1. The van der Waals surface area contributed by atoms with Crippen LogP contribution >= 0.6 is 0 Å². The van der Waals surface area contributed by atoms with Gasteiger partial charge in [0.25, 0.3) is 5.91 Å². The summed E-state index contributed by atoms with van der Waals surface area (Å²) in [4.78, 5) is 64.4. The molecule has 7 heterocycles. The number of halogens is 2. The molecule has 15 nitrogen and oxygen atoms in total. The molecule has 0 saturated carbocycles. The molecule has 0 unspecified atom stereocenters. The van der Waals surface area contributed by atoms with Crippen molar-refractivity contribution in [3.63, 3.8) is 0 Å². The number of phenols is 1. The largest absolute Gasteiger partial charge is 0.504 e. The van der Waals surface area contributed by atoms with Gasteiger partial charge in [0.15, 0.2) is 17.4 Å². The van der Waals surface area contributed by atoms with E-state index in [1.54, 1.807) is 11.0 Å². The molecule has 3 aromatic rings. The summed E-state index contributed by atoms with van der Waals surface area (Å²) in [5, 5.41) is 24.5. The summed E-state index contributed by atoms with van der Waals surface area (Å²) in [6.45, 7) is 13.0. The van der Waals surface area contributed by atoms with Crippen LogP contribution in [0, 0.1) is 17.6 Å². The lowest BCUT2D eigenvalue weighted by molar-refractivity contribution is -0.136. The van der Waals surface area contributed by atoms with Gasteiger partial charge in [-0.25, -0.2) is 13.6 Å². The van der Waals surface area contributed by atoms with Crippen molar-refractivity contribution in [2.45, 2.75) is 76.7 Å². The van der Waals surface area contributed by atoms with E-state index in [0.717, 1.165) is 62.9 Å². The Morgan fingerprint density at radius 2 is 1.71 bits per heavy atom. The topological polar surface area (TPSA) is 158 Å². The summed E-state index contributed by atoms with van der Waals surface area (Å²) in [7, 11) is 0. The Morgan fingerprint density at radius 1 is 0.949 bits per heavy atom. The zero-order valence-electron chi connectivity index (χ0n) is 33.6. The molecule has 312 valence electrons. The summed E-state index contributed by atoms with van der Waals surface area (Å²) in [6.07, 6.45) is 2.61. The number of amides is 5. The third-order valence-electron chi connectivity index (χ3n) is 13.3. The van der Waals surface area contributed by atoms with Crippen LogP contribution in [0.25, 0.3) is 11.3 Å². The van der Waals surface area contributed by atoms with Crippen molar-refractivity contribution in [2.75, 3.05) is 74.0 Å². The van der Waals surface area contributed by atoms with Gasteiger partial charge >= 0.3 is 6.03 Å². The maximum Gasteiger partial charge on any atom is 0.320 e. The summed E-state index contributed by atoms with van der Waals surface area (Å²) in [5.41, 5.74) is 2.82. The number of urea groups is 1. The third-order valence-corrected chi connectivity index (χ3v) is 13.3. The Labute approximate surface area is 341 Å². The minimum Gasteiger partial charge on any atom is -0.504 e. The fraction of sp³-hybridized carbons (Fsp3) is 0.524. The standard InChI is InChI=1S/C42H50F2N10O5/c1-24-18-49(20-26-8-10-50(11-9-26)29-5-4-27-21-52(40(58)30(27)16-29)34-6-7-36(55)46-39(34)57)19-25(2)54(24)41(59)51-12-13-53-35-17-33(31-14-28(43)15-32(44)37(31)56)47-48-38(35)45-22-42(53,3)23-51/h4-5,14-17,24-26,34,56H,6-13,18-23H2,1-3H3,(H,45,48)(H,46,55,57)/t24-,25-,34-,42-/m1/s1. The Balaban J connectivity index is 0.785. The number of hydrogen-bond acceptors (Lipinski definition) is 11. The smallest absolute Gasteiger partial charge is 0.320 e. The first-order valence-corrected chi connectivity index (χ1v) is 20.7. The number of benzene rings is 2. The van der Waals surface area contributed by atoms with E-state index in [1.807, 2.05) is 21.9 Å². The van der Waals surface area contributed by atoms with Crippen molar-refractivity contribution in [1.29, 1.82) is 0 Å². The van der Waals surface area contributed by atoms with Crippen LogP contribution < -0.4 is 20.4 Å². The van der Waals surface area contributed by atoms with Crippen molar-refractivity contribution in [1.82, 2.24) is 35.1 Å². The van der Waals surface area contributed by atoms with Gasteiger partial charge in [0.1, 0.15) is 11.9 Å². The molecule has 5 amide bonds. The molecule has 4 fully saturated rings. The van der Waals surface area contributed by atoms with E-state index in [2.05, 4.69) is 62.4 Å². The Morgan fingerprint density at radius 3 is 2.46 bits per heavy atom. The second-order valence-electron chi connectivity index (χ2n) is 17.4. The zero-order chi connectivity index (χ0) is 41.3. The van der Waals surface area contributed by atoms with Gasteiger partial charge in [0.05, 0.1) is 16.9 Å². The average molecular weight is 813 g/mol. The van der Waals surface area contributed by atoms with Gasteiger partial charge in [-0.15, -0.1) is 10.2 Å². The second kappa shape index (κ2) is 14.9. The summed E-state index contributed by atoms with van der Waals surface area (Å²) in [6, 6.07) is 8.79. The number of carbonyl (C=O) groups excluding carboxylic acids is 4. The van der Waals surface area contributed by atoms with Gasteiger partial charge in [-0.2, -0.15) is 0 Å². The molecular formula is C42H50F2N10O5. The van der Waals surface area contributed by atoms with Crippen LogP contribution in [0.2, 0.25) is 0 Å². The van der Waals surface area contributed by atoms with E-state index in [-0.39, 0.29) is 47.6 Å².